The fraction of sp³-hybridized carbons (Fsp3) is 0.429. The van der Waals surface area contributed by atoms with Crippen molar-refractivity contribution < 1.29 is 39.9 Å². The standard InChI is InChI=1S/C21H28O4/c1-16-7-6-10-19(13-16)25-15-18(22)9-5-4-8-17-11-12-20(23-2)21(14-17)24-3/h6-7,10-14,18,22H,4-5,8-9,15H2,1-3H3/i3D3,6D,7D,8D2,9D2,10D,11D,12D,13D,14D,18D. The smallest absolute Gasteiger partial charge is 0.160 e. The number of rotatable bonds is 10. The van der Waals surface area contributed by atoms with E-state index in [2.05, 4.69) is 0 Å². The van der Waals surface area contributed by atoms with Crippen LogP contribution in [0.1, 0.15) is 50.9 Å². The number of aliphatic hydroxyl groups is 1. The Morgan fingerprint density at radius 2 is 2.08 bits per heavy atom. The third-order valence-electron chi connectivity index (χ3n) is 2.89. The Morgan fingerprint density at radius 1 is 1.20 bits per heavy atom. The van der Waals surface area contributed by atoms with Gasteiger partial charge in [0.15, 0.2) is 11.5 Å². The number of hydrogen-bond acceptors (Lipinski definition) is 4. The summed E-state index contributed by atoms with van der Waals surface area (Å²) in [6.45, 7) is 0.195. The predicted octanol–water partition coefficient (Wildman–Crippen LogP) is 4.16. The molecule has 0 bridgehead atoms. The molecule has 0 aliphatic heterocycles. The minimum absolute atomic E-state index is 0.00628. The van der Waals surface area contributed by atoms with E-state index >= 15 is 0 Å². The molecule has 0 aromatic heterocycles. The van der Waals surface area contributed by atoms with Crippen molar-refractivity contribution in [1.29, 1.82) is 0 Å². The highest BCUT2D eigenvalue weighted by molar-refractivity contribution is 5.42. The predicted molar refractivity (Wildman–Crippen MR) is 99.8 cm³/mol. The van der Waals surface area contributed by atoms with Gasteiger partial charge in [-0.05, 0) is 61.4 Å². The van der Waals surface area contributed by atoms with E-state index in [9.17, 15) is 5.11 Å². The third-order valence-corrected chi connectivity index (χ3v) is 2.89. The average Bonchev–Trinajstić information content (AvgIpc) is 2.83. The molecule has 0 heterocycles. The average molecular weight is 360 g/mol. The largest absolute Gasteiger partial charge is 0.493 e. The molecule has 2 rings (SSSR count). The Morgan fingerprint density at radius 3 is 2.88 bits per heavy atom. The van der Waals surface area contributed by atoms with Gasteiger partial charge in [-0.1, -0.05) is 24.5 Å². The van der Waals surface area contributed by atoms with Crippen molar-refractivity contribution in [3.05, 3.63) is 53.4 Å². The number of hydrogen-bond donors (Lipinski definition) is 1. The highest BCUT2D eigenvalue weighted by Crippen LogP contribution is 2.28. The van der Waals surface area contributed by atoms with E-state index in [0.29, 0.717) is 0 Å². The van der Waals surface area contributed by atoms with Gasteiger partial charge in [-0.2, -0.15) is 0 Å². The maximum atomic E-state index is 10.6. The van der Waals surface area contributed by atoms with E-state index in [4.69, 9.17) is 34.8 Å². The minimum atomic E-state index is -3.11. The summed E-state index contributed by atoms with van der Waals surface area (Å²) in [7, 11) is -2.07. The molecule has 0 spiro atoms. The summed E-state index contributed by atoms with van der Waals surface area (Å²) in [5.74, 6) is -1.93. The van der Waals surface area contributed by atoms with E-state index < -0.39 is 104 Å². The Balaban J connectivity index is 2.38. The van der Waals surface area contributed by atoms with Crippen LogP contribution in [-0.2, 0) is 6.37 Å². The lowest BCUT2D eigenvalue weighted by molar-refractivity contribution is 0.0976. The van der Waals surface area contributed by atoms with Crippen LogP contribution in [0.5, 0.6) is 17.2 Å². The highest BCUT2D eigenvalue weighted by Gasteiger charge is 2.07. The van der Waals surface area contributed by atoms with Crippen molar-refractivity contribution in [1.82, 2.24) is 0 Å². The van der Waals surface area contributed by atoms with Gasteiger partial charge < -0.3 is 19.3 Å². The SMILES string of the molecule is [2H]c1c([2H])c(C)c([2H])c(OCC([2H])(O)C([2H])([2H])CCC([2H])([2H])c2c([2H])c([2H])c(OC)c(OC([2H])([2H])[2H])c2[2H])c1[2H]. The zero-order chi connectivity index (χ0) is 31.2. The van der Waals surface area contributed by atoms with Gasteiger partial charge in [-0.15, -0.1) is 0 Å². The number of methoxy groups -OCH3 is 2. The summed E-state index contributed by atoms with van der Waals surface area (Å²) in [6, 6.07) is -4.59. The van der Waals surface area contributed by atoms with Crippen molar-refractivity contribution in [3.8, 4) is 17.2 Å². The summed E-state index contributed by atoms with van der Waals surface area (Å²) < 4.78 is 134. The fourth-order valence-corrected chi connectivity index (χ4v) is 1.75. The van der Waals surface area contributed by atoms with Gasteiger partial charge in [0.2, 0.25) is 0 Å². The van der Waals surface area contributed by atoms with Crippen LogP contribution in [0.15, 0.2) is 42.3 Å². The summed E-state index contributed by atoms with van der Waals surface area (Å²) in [5, 5.41) is 10.6. The summed E-state index contributed by atoms with van der Waals surface area (Å²) >= 11 is 0. The maximum absolute atomic E-state index is 10.6. The Labute approximate surface area is 171 Å². The molecule has 25 heavy (non-hydrogen) atoms. The Kier molecular flexibility index (Phi) is 2.86. The van der Waals surface area contributed by atoms with Crippen LogP contribution in [0.2, 0.25) is 0 Å². The van der Waals surface area contributed by atoms with Crippen molar-refractivity contribution in [3.63, 3.8) is 0 Å². The lowest BCUT2D eigenvalue weighted by Gasteiger charge is -2.13. The molecule has 2 aromatic carbocycles. The molecule has 0 fully saturated rings. The van der Waals surface area contributed by atoms with E-state index in [1.807, 2.05) is 0 Å². The summed E-state index contributed by atoms with van der Waals surface area (Å²) in [5.41, 5.74) is -0.794. The van der Waals surface area contributed by atoms with Gasteiger partial charge in [0.25, 0.3) is 0 Å². The molecule has 0 aliphatic rings. The fourth-order valence-electron chi connectivity index (χ4n) is 1.75. The highest BCUT2D eigenvalue weighted by atomic mass is 16.5. The van der Waals surface area contributed by atoms with E-state index in [1.54, 1.807) is 0 Å². The normalized spacial score (nSPS) is 23.4. The molecule has 0 aliphatic carbocycles. The Bertz CT molecular complexity index is 1250. The molecular formula is C21H28O4. The first-order valence-electron chi connectivity index (χ1n) is 14.8. The Hall–Kier alpha value is -2.20. The summed E-state index contributed by atoms with van der Waals surface area (Å²) in [6.07, 6.45) is -10.5. The maximum Gasteiger partial charge on any atom is 0.160 e. The molecule has 136 valence electrons. The van der Waals surface area contributed by atoms with E-state index in [0.717, 1.165) is 7.11 Å². The minimum Gasteiger partial charge on any atom is -0.493 e. The van der Waals surface area contributed by atoms with Crippen molar-refractivity contribution in [2.45, 2.75) is 38.6 Å². The molecule has 1 atom stereocenters. The van der Waals surface area contributed by atoms with Crippen LogP contribution in [0, 0.1) is 6.92 Å². The van der Waals surface area contributed by atoms with Crippen molar-refractivity contribution in [2.75, 3.05) is 20.8 Å². The number of ether oxygens (including phenoxy) is 3. The lowest BCUT2D eigenvalue weighted by atomic mass is 10.0. The van der Waals surface area contributed by atoms with Crippen LogP contribution >= 0.6 is 0 Å². The van der Waals surface area contributed by atoms with E-state index in [-0.39, 0.29) is 11.6 Å². The van der Waals surface area contributed by atoms with Crippen molar-refractivity contribution in [2.24, 2.45) is 0 Å². The van der Waals surface area contributed by atoms with Crippen LogP contribution in [0.3, 0.4) is 0 Å². The van der Waals surface area contributed by atoms with Crippen LogP contribution < -0.4 is 14.2 Å². The molecule has 4 heteroatoms. The number of benzene rings is 2. The molecular weight excluding hydrogens is 316 g/mol. The van der Waals surface area contributed by atoms with E-state index in [1.165, 1.54) is 6.92 Å². The first-order chi connectivity index (χ1) is 18.0. The lowest BCUT2D eigenvalue weighted by Crippen LogP contribution is -2.17. The second-order valence-electron chi connectivity index (χ2n) is 4.76. The molecule has 1 unspecified atom stereocenters. The van der Waals surface area contributed by atoms with Crippen LogP contribution in [0.4, 0.5) is 0 Å². The first-order valence-corrected chi connectivity index (χ1v) is 7.30. The molecule has 2 aromatic rings. The molecule has 0 radical (unpaired) electrons. The van der Waals surface area contributed by atoms with Gasteiger partial charge in [0.1, 0.15) is 12.4 Å². The second-order valence-corrected chi connectivity index (χ2v) is 4.76. The topological polar surface area (TPSA) is 47.9 Å². The zero-order valence-corrected chi connectivity index (χ0v) is 13.8. The molecule has 1 N–H and O–H groups in total. The van der Waals surface area contributed by atoms with Gasteiger partial charge in [0, 0.05) is 5.48 Å². The first kappa shape index (κ1) is 7.20. The summed E-state index contributed by atoms with van der Waals surface area (Å²) in [4.78, 5) is 0. The van der Waals surface area contributed by atoms with Gasteiger partial charge >= 0.3 is 0 Å². The van der Waals surface area contributed by atoms with Gasteiger partial charge in [-0.3, -0.25) is 0 Å². The van der Waals surface area contributed by atoms with Gasteiger partial charge in [-0.25, -0.2) is 0 Å². The quantitative estimate of drug-likeness (QED) is 0.692. The van der Waals surface area contributed by atoms with Crippen molar-refractivity contribution >= 4 is 0 Å². The zero-order valence-electron chi connectivity index (χ0n) is 28.8. The molecule has 4 nitrogen and oxygen atoms in total. The third kappa shape index (κ3) is 6.31. The van der Waals surface area contributed by atoms with Crippen LogP contribution in [-0.4, -0.2) is 31.9 Å². The second kappa shape index (κ2) is 9.94. The van der Waals surface area contributed by atoms with Crippen LogP contribution in [0.25, 0.3) is 0 Å². The molecule has 0 saturated heterocycles. The molecule has 0 saturated carbocycles. The van der Waals surface area contributed by atoms with Gasteiger partial charge in [0.05, 0.1) is 35.3 Å². The molecule has 0 amide bonds. The monoisotopic (exact) mass is 359 g/mol.